The SMILES string of the molecule is NC(=O)[C@@H]1CN(C(=O)c2cc(-c3ccco3)nc3ccccc23)c2ccccc2O1. The van der Waals surface area contributed by atoms with Crippen LogP contribution < -0.4 is 15.4 Å². The molecule has 148 valence electrons. The number of carbonyl (C=O) groups excluding carboxylic acids is 2. The molecule has 30 heavy (non-hydrogen) atoms. The predicted molar refractivity (Wildman–Crippen MR) is 111 cm³/mol. The van der Waals surface area contributed by atoms with Crippen LogP contribution in [0.25, 0.3) is 22.4 Å². The van der Waals surface area contributed by atoms with Crippen molar-refractivity contribution in [2.24, 2.45) is 5.73 Å². The van der Waals surface area contributed by atoms with E-state index in [-0.39, 0.29) is 12.5 Å². The number of hydrogen-bond donors (Lipinski definition) is 1. The lowest BCUT2D eigenvalue weighted by Crippen LogP contribution is -2.49. The van der Waals surface area contributed by atoms with Crippen LogP contribution in [0.3, 0.4) is 0 Å². The molecule has 2 aromatic heterocycles. The van der Waals surface area contributed by atoms with Gasteiger partial charge in [0.05, 0.1) is 29.6 Å². The highest BCUT2D eigenvalue weighted by Gasteiger charge is 2.34. The molecule has 7 heteroatoms. The maximum atomic E-state index is 13.7. The third kappa shape index (κ3) is 2.97. The maximum Gasteiger partial charge on any atom is 0.260 e. The fraction of sp³-hybridized carbons (Fsp3) is 0.0870. The van der Waals surface area contributed by atoms with Crippen LogP contribution in [0.2, 0.25) is 0 Å². The van der Waals surface area contributed by atoms with Gasteiger partial charge >= 0.3 is 0 Å². The average molecular weight is 399 g/mol. The Morgan fingerprint density at radius 3 is 2.63 bits per heavy atom. The zero-order chi connectivity index (χ0) is 20.7. The normalized spacial score (nSPS) is 15.5. The van der Waals surface area contributed by atoms with E-state index < -0.39 is 12.0 Å². The van der Waals surface area contributed by atoms with Gasteiger partial charge in [-0.2, -0.15) is 0 Å². The molecule has 2 N–H and O–H groups in total. The Morgan fingerprint density at radius 1 is 1.03 bits per heavy atom. The number of carbonyl (C=O) groups is 2. The molecule has 1 atom stereocenters. The predicted octanol–water partition coefficient (Wildman–Crippen LogP) is 3.39. The number of ether oxygens (including phenoxy) is 1. The highest BCUT2D eigenvalue weighted by atomic mass is 16.5. The Hall–Kier alpha value is -4.13. The van der Waals surface area contributed by atoms with Crippen molar-refractivity contribution in [2.75, 3.05) is 11.4 Å². The summed E-state index contributed by atoms with van der Waals surface area (Å²) < 4.78 is 11.2. The van der Waals surface area contributed by atoms with Crippen molar-refractivity contribution in [2.45, 2.75) is 6.10 Å². The van der Waals surface area contributed by atoms with Crippen molar-refractivity contribution in [1.82, 2.24) is 4.98 Å². The number of anilines is 1. The van der Waals surface area contributed by atoms with Crippen LogP contribution in [0, 0.1) is 0 Å². The van der Waals surface area contributed by atoms with E-state index in [9.17, 15) is 9.59 Å². The van der Waals surface area contributed by atoms with Gasteiger partial charge in [0.25, 0.3) is 11.8 Å². The summed E-state index contributed by atoms with van der Waals surface area (Å²) in [6, 6.07) is 19.8. The van der Waals surface area contributed by atoms with Crippen molar-refractivity contribution >= 4 is 28.4 Å². The molecule has 0 unspecified atom stereocenters. The third-order valence-electron chi connectivity index (χ3n) is 5.06. The fourth-order valence-corrected chi connectivity index (χ4v) is 3.62. The maximum absolute atomic E-state index is 13.7. The lowest BCUT2D eigenvalue weighted by atomic mass is 10.0. The molecule has 0 aliphatic carbocycles. The van der Waals surface area contributed by atoms with Crippen LogP contribution in [-0.4, -0.2) is 29.4 Å². The number of rotatable bonds is 3. The number of fused-ring (bicyclic) bond motifs is 2. The van der Waals surface area contributed by atoms with E-state index in [4.69, 9.17) is 14.9 Å². The van der Waals surface area contributed by atoms with Crippen molar-refractivity contribution in [3.8, 4) is 17.2 Å². The number of furan rings is 1. The van der Waals surface area contributed by atoms with Crippen LogP contribution in [0.15, 0.2) is 77.4 Å². The van der Waals surface area contributed by atoms with E-state index >= 15 is 0 Å². The molecule has 0 spiro atoms. The minimum absolute atomic E-state index is 0.0257. The number of amides is 2. The molecular weight excluding hydrogens is 382 g/mol. The monoisotopic (exact) mass is 399 g/mol. The number of nitrogens with two attached hydrogens (primary N) is 1. The number of nitrogens with zero attached hydrogens (tertiary/aromatic N) is 2. The van der Waals surface area contributed by atoms with Crippen molar-refractivity contribution in [3.63, 3.8) is 0 Å². The van der Waals surface area contributed by atoms with Crippen LogP contribution in [-0.2, 0) is 4.79 Å². The second kappa shape index (κ2) is 7.04. The van der Waals surface area contributed by atoms with Gasteiger partial charge in [0, 0.05) is 5.39 Å². The van der Waals surface area contributed by atoms with Crippen molar-refractivity contribution in [1.29, 1.82) is 0 Å². The highest BCUT2D eigenvalue weighted by Crippen LogP contribution is 2.35. The first-order valence-electron chi connectivity index (χ1n) is 9.42. The van der Waals surface area contributed by atoms with Gasteiger partial charge < -0.3 is 19.8 Å². The molecule has 1 aliphatic rings. The largest absolute Gasteiger partial charge is 0.477 e. The summed E-state index contributed by atoms with van der Waals surface area (Å²) in [5.74, 6) is 0.0966. The van der Waals surface area contributed by atoms with E-state index in [1.165, 1.54) is 4.90 Å². The lowest BCUT2D eigenvalue weighted by molar-refractivity contribution is -0.124. The Morgan fingerprint density at radius 2 is 1.83 bits per heavy atom. The van der Waals surface area contributed by atoms with Crippen LogP contribution in [0.4, 0.5) is 5.69 Å². The molecule has 0 radical (unpaired) electrons. The Balaban J connectivity index is 1.67. The van der Waals surface area contributed by atoms with E-state index in [1.54, 1.807) is 42.7 Å². The topological polar surface area (TPSA) is 98.7 Å². The Kier molecular flexibility index (Phi) is 4.21. The van der Waals surface area contributed by atoms with Gasteiger partial charge in [-0.05, 0) is 36.4 Å². The molecular formula is C23H17N3O4. The molecule has 2 aromatic carbocycles. The summed E-state index contributed by atoms with van der Waals surface area (Å²) in [5, 5.41) is 0.706. The molecule has 0 bridgehead atoms. The molecule has 0 fully saturated rings. The van der Waals surface area contributed by atoms with Gasteiger partial charge in [0.2, 0.25) is 0 Å². The van der Waals surface area contributed by atoms with Crippen LogP contribution in [0.1, 0.15) is 10.4 Å². The molecule has 0 saturated carbocycles. The summed E-state index contributed by atoms with van der Waals surface area (Å²) in [4.78, 5) is 31.7. The first-order chi connectivity index (χ1) is 14.6. The molecule has 5 rings (SSSR count). The molecule has 4 aromatic rings. The Bertz CT molecular complexity index is 1270. The second-order valence-corrected chi connectivity index (χ2v) is 6.94. The van der Waals surface area contributed by atoms with Gasteiger partial charge in [0.15, 0.2) is 11.9 Å². The summed E-state index contributed by atoms with van der Waals surface area (Å²) >= 11 is 0. The third-order valence-corrected chi connectivity index (χ3v) is 5.06. The minimum Gasteiger partial charge on any atom is -0.477 e. The van der Waals surface area contributed by atoms with Gasteiger partial charge in [0.1, 0.15) is 11.4 Å². The van der Waals surface area contributed by atoms with Crippen LogP contribution >= 0.6 is 0 Å². The zero-order valence-corrected chi connectivity index (χ0v) is 15.8. The van der Waals surface area contributed by atoms with Gasteiger partial charge in [-0.15, -0.1) is 0 Å². The van der Waals surface area contributed by atoms with E-state index in [1.807, 2.05) is 30.3 Å². The number of hydrogen-bond acceptors (Lipinski definition) is 5. The van der Waals surface area contributed by atoms with E-state index in [0.717, 1.165) is 0 Å². The summed E-state index contributed by atoms with van der Waals surface area (Å²) in [7, 11) is 0. The zero-order valence-electron chi connectivity index (χ0n) is 15.8. The summed E-state index contributed by atoms with van der Waals surface area (Å²) in [5.41, 5.74) is 7.73. The minimum atomic E-state index is -0.929. The smallest absolute Gasteiger partial charge is 0.260 e. The van der Waals surface area contributed by atoms with E-state index in [0.29, 0.717) is 39.4 Å². The number of primary amides is 1. The molecule has 1 aliphatic heterocycles. The summed E-state index contributed by atoms with van der Waals surface area (Å²) in [6.45, 7) is 0.0257. The Labute approximate surface area is 171 Å². The highest BCUT2D eigenvalue weighted by molar-refractivity contribution is 6.15. The second-order valence-electron chi connectivity index (χ2n) is 6.94. The van der Waals surface area contributed by atoms with E-state index in [2.05, 4.69) is 4.98 Å². The molecule has 0 saturated heterocycles. The van der Waals surface area contributed by atoms with Gasteiger partial charge in [-0.3, -0.25) is 9.59 Å². The number of pyridine rings is 1. The number of aromatic nitrogens is 1. The van der Waals surface area contributed by atoms with Gasteiger partial charge in [-0.25, -0.2) is 4.98 Å². The number of para-hydroxylation sites is 3. The summed E-state index contributed by atoms with van der Waals surface area (Å²) in [6.07, 6.45) is 0.630. The first-order valence-corrected chi connectivity index (χ1v) is 9.42. The van der Waals surface area contributed by atoms with Crippen molar-refractivity contribution < 1.29 is 18.7 Å². The molecule has 7 nitrogen and oxygen atoms in total. The van der Waals surface area contributed by atoms with Crippen molar-refractivity contribution in [3.05, 3.63) is 78.6 Å². The quantitative estimate of drug-likeness (QED) is 0.569. The standard InChI is InChI=1S/C23H17N3O4/c24-22(27)21-13-26(18-8-3-4-9-20(18)30-21)23(28)15-12-17(19-10-5-11-29-19)25-16-7-2-1-6-14(15)16/h1-12,21H,13H2,(H2,24,27)/t21-/m0/s1. The molecule has 2 amide bonds. The first kappa shape index (κ1) is 17.9. The average Bonchev–Trinajstić information content (AvgIpc) is 3.32. The van der Waals surface area contributed by atoms with Crippen LogP contribution in [0.5, 0.6) is 5.75 Å². The fourth-order valence-electron chi connectivity index (χ4n) is 3.62. The lowest BCUT2D eigenvalue weighted by Gasteiger charge is -2.33. The molecule has 3 heterocycles. The van der Waals surface area contributed by atoms with Gasteiger partial charge in [-0.1, -0.05) is 30.3 Å². The number of benzene rings is 2.